The number of hydrogen-bond donors (Lipinski definition) is 1. The highest BCUT2D eigenvalue weighted by Crippen LogP contribution is 2.36. The van der Waals surface area contributed by atoms with Gasteiger partial charge in [0.15, 0.2) is 0 Å². The molecule has 2 aromatic heterocycles. The number of aryl methyl sites for hydroxylation is 1. The highest BCUT2D eigenvalue weighted by atomic mass is 127. The number of aromatic nitrogens is 2. The molecule has 0 atom stereocenters. The van der Waals surface area contributed by atoms with Crippen molar-refractivity contribution in [3.05, 3.63) is 81.6 Å². The molecule has 0 amide bonds. The average molecular weight is 461 g/mol. The number of hydrogen-bond acceptors (Lipinski definition) is 2. The first kappa shape index (κ1) is 17.0. The average Bonchev–Trinajstić information content (AvgIpc) is 2.96. The van der Waals surface area contributed by atoms with Gasteiger partial charge in [0.05, 0.1) is 5.56 Å². The normalized spacial score (nSPS) is 11.1. The fourth-order valence-electron chi connectivity index (χ4n) is 2.94. The third kappa shape index (κ3) is 2.94. The maximum Gasteiger partial charge on any atom is 0.143 e. The monoisotopic (exact) mass is 461 g/mol. The van der Waals surface area contributed by atoms with E-state index < -0.39 is 0 Å². The van der Waals surface area contributed by atoms with Crippen LogP contribution in [0, 0.1) is 22.1 Å². The number of nitrogens with one attached hydrogen (secondary N) is 1. The van der Waals surface area contributed by atoms with Crippen molar-refractivity contribution >= 4 is 39.7 Å². The molecule has 130 valence electrons. The topological polar surface area (TPSA) is 29.3 Å². The van der Waals surface area contributed by atoms with Crippen LogP contribution in [0.1, 0.15) is 5.69 Å². The number of nitrogens with zero attached hydrogens (tertiary/aromatic N) is 2. The van der Waals surface area contributed by atoms with Crippen molar-refractivity contribution in [3.63, 3.8) is 0 Å². The summed E-state index contributed by atoms with van der Waals surface area (Å²) in [7, 11) is 0. The molecule has 0 aliphatic carbocycles. The molecule has 0 radical (unpaired) electrons. The molecule has 6 heteroatoms. The Labute approximate surface area is 162 Å². The molecule has 2 heterocycles. The van der Waals surface area contributed by atoms with Crippen LogP contribution in [-0.4, -0.2) is 9.38 Å². The number of halogens is 3. The van der Waals surface area contributed by atoms with E-state index in [2.05, 4.69) is 32.9 Å². The second kappa shape index (κ2) is 6.68. The van der Waals surface area contributed by atoms with E-state index in [1.54, 1.807) is 18.2 Å². The lowest BCUT2D eigenvalue weighted by Gasteiger charge is -2.12. The van der Waals surface area contributed by atoms with E-state index in [0.717, 1.165) is 9.26 Å². The highest BCUT2D eigenvalue weighted by Gasteiger charge is 2.20. The minimum atomic E-state index is -0.333. The first-order valence-electron chi connectivity index (χ1n) is 7.99. The Hall–Kier alpha value is -2.48. The van der Waals surface area contributed by atoms with Gasteiger partial charge in [-0.3, -0.25) is 4.40 Å². The van der Waals surface area contributed by atoms with E-state index in [4.69, 9.17) is 0 Å². The Morgan fingerprint density at radius 3 is 2.42 bits per heavy atom. The van der Waals surface area contributed by atoms with Crippen LogP contribution in [0.15, 0.2) is 60.7 Å². The van der Waals surface area contributed by atoms with Gasteiger partial charge in [-0.2, -0.15) is 0 Å². The zero-order valence-electron chi connectivity index (χ0n) is 13.8. The molecule has 0 spiro atoms. The van der Waals surface area contributed by atoms with E-state index in [1.165, 1.54) is 18.2 Å². The molecule has 0 bridgehead atoms. The van der Waals surface area contributed by atoms with E-state index >= 15 is 0 Å². The number of fused-ring (bicyclic) bond motifs is 1. The quantitative estimate of drug-likeness (QED) is 0.383. The summed E-state index contributed by atoms with van der Waals surface area (Å²) in [4.78, 5) is 4.66. The maximum absolute atomic E-state index is 14.6. The summed E-state index contributed by atoms with van der Waals surface area (Å²) in [5.41, 5.74) is 3.33. The minimum Gasteiger partial charge on any atom is -0.339 e. The fourth-order valence-corrected chi connectivity index (χ4v) is 3.66. The molecule has 4 aromatic rings. The van der Waals surface area contributed by atoms with E-state index in [0.29, 0.717) is 28.4 Å². The lowest BCUT2D eigenvalue weighted by molar-refractivity contribution is 0.628. The van der Waals surface area contributed by atoms with Gasteiger partial charge in [-0.15, -0.1) is 0 Å². The first-order chi connectivity index (χ1) is 12.5. The van der Waals surface area contributed by atoms with Crippen LogP contribution in [0.2, 0.25) is 0 Å². The molecule has 0 saturated heterocycles. The van der Waals surface area contributed by atoms with Crippen LogP contribution in [-0.2, 0) is 0 Å². The van der Waals surface area contributed by atoms with Gasteiger partial charge >= 0.3 is 0 Å². The second-order valence-corrected chi connectivity index (χ2v) is 7.06. The highest BCUT2D eigenvalue weighted by molar-refractivity contribution is 14.1. The smallest absolute Gasteiger partial charge is 0.143 e. The van der Waals surface area contributed by atoms with Crippen molar-refractivity contribution in [1.82, 2.24) is 9.38 Å². The Balaban J connectivity index is 1.98. The predicted molar refractivity (Wildman–Crippen MR) is 108 cm³/mol. The largest absolute Gasteiger partial charge is 0.339 e. The van der Waals surface area contributed by atoms with Crippen LogP contribution in [0.4, 0.5) is 20.3 Å². The van der Waals surface area contributed by atoms with Gasteiger partial charge in [-0.25, -0.2) is 13.8 Å². The van der Waals surface area contributed by atoms with Crippen molar-refractivity contribution in [2.24, 2.45) is 0 Å². The van der Waals surface area contributed by atoms with Crippen molar-refractivity contribution in [1.29, 1.82) is 0 Å². The van der Waals surface area contributed by atoms with Crippen LogP contribution in [0.3, 0.4) is 0 Å². The Morgan fingerprint density at radius 2 is 1.69 bits per heavy atom. The third-order valence-corrected chi connectivity index (χ3v) is 5.04. The summed E-state index contributed by atoms with van der Waals surface area (Å²) in [6, 6.07) is 16.7. The van der Waals surface area contributed by atoms with E-state index in [9.17, 15) is 8.78 Å². The molecule has 2 aromatic carbocycles. The lowest BCUT2D eigenvalue weighted by Crippen LogP contribution is -2.00. The molecule has 0 aliphatic heterocycles. The van der Waals surface area contributed by atoms with Gasteiger partial charge < -0.3 is 5.32 Å². The summed E-state index contributed by atoms with van der Waals surface area (Å²) < 4.78 is 30.5. The van der Waals surface area contributed by atoms with Crippen molar-refractivity contribution in [3.8, 4) is 11.3 Å². The molecule has 0 unspecified atom stereocenters. The minimum absolute atomic E-state index is 0.311. The van der Waals surface area contributed by atoms with Gasteiger partial charge in [0, 0.05) is 15.0 Å². The Bertz CT molecular complexity index is 1080. The third-order valence-electron chi connectivity index (χ3n) is 4.15. The summed E-state index contributed by atoms with van der Waals surface area (Å²) in [6.45, 7) is 1.96. The molecular weight excluding hydrogens is 447 g/mol. The summed E-state index contributed by atoms with van der Waals surface area (Å²) in [5, 5.41) is 3.28. The molecule has 3 nitrogen and oxygen atoms in total. The number of anilines is 2. The molecule has 0 fully saturated rings. The molecule has 4 rings (SSSR count). The van der Waals surface area contributed by atoms with E-state index in [1.807, 2.05) is 35.6 Å². The SMILES string of the molecule is Cc1cccc2nc(-c3c(F)cccc3I)c(Nc3ccc(F)cc3)n12. The van der Waals surface area contributed by atoms with Crippen molar-refractivity contribution < 1.29 is 8.78 Å². The van der Waals surface area contributed by atoms with Crippen molar-refractivity contribution in [2.45, 2.75) is 6.92 Å². The van der Waals surface area contributed by atoms with Gasteiger partial charge in [0.2, 0.25) is 0 Å². The summed E-state index contributed by atoms with van der Waals surface area (Å²) in [6.07, 6.45) is 0. The molecule has 26 heavy (non-hydrogen) atoms. The molecule has 1 N–H and O–H groups in total. The molecule has 0 aliphatic rings. The number of benzene rings is 2. The van der Waals surface area contributed by atoms with Crippen LogP contribution < -0.4 is 5.32 Å². The molecular formula is C20H14F2IN3. The number of imidazole rings is 1. The van der Waals surface area contributed by atoms with Crippen LogP contribution >= 0.6 is 22.6 Å². The lowest BCUT2D eigenvalue weighted by atomic mass is 10.1. The zero-order chi connectivity index (χ0) is 18.3. The molecule has 0 saturated carbocycles. The fraction of sp³-hybridized carbons (Fsp3) is 0.0500. The Kier molecular flexibility index (Phi) is 4.36. The maximum atomic E-state index is 14.6. The van der Waals surface area contributed by atoms with Crippen LogP contribution in [0.5, 0.6) is 0 Å². The van der Waals surface area contributed by atoms with Gasteiger partial charge in [0.25, 0.3) is 0 Å². The van der Waals surface area contributed by atoms with Crippen LogP contribution in [0.25, 0.3) is 16.9 Å². The Morgan fingerprint density at radius 1 is 0.962 bits per heavy atom. The standard InChI is InChI=1S/C20H14F2IN3/c1-12-4-2-7-17-25-19(18-15(22)5-3-6-16(18)23)20(26(12)17)24-14-10-8-13(21)9-11-14/h2-11,24H,1H3. The second-order valence-electron chi connectivity index (χ2n) is 5.90. The predicted octanol–water partition coefficient (Wildman–Crippen LogP) is 5.94. The summed E-state index contributed by atoms with van der Waals surface area (Å²) in [5.74, 6) is 0.00147. The van der Waals surface area contributed by atoms with E-state index in [-0.39, 0.29) is 11.6 Å². The first-order valence-corrected chi connectivity index (χ1v) is 9.07. The zero-order valence-corrected chi connectivity index (χ0v) is 16.0. The van der Waals surface area contributed by atoms with Gasteiger partial charge in [0.1, 0.15) is 28.8 Å². The van der Waals surface area contributed by atoms with Gasteiger partial charge in [-0.05, 0) is 78.0 Å². The van der Waals surface area contributed by atoms with Gasteiger partial charge in [-0.1, -0.05) is 12.1 Å². The summed E-state index contributed by atoms with van der Waals surface area (Å²) >= 11 is 2.11. The van der Waals surface area contributed by atoms with Crippen molar-refractivity contribution in [2.75, 3.05) is 5.32 Å². The number of rotatable bonds is 3. The number of pyridine rings is 1.